The van der Waals surface area contributed by atoms with E-state index in [1.54, 1.807) is 0 Å². The highest BCUT2D eigenvalue weighted by molar-refractivity contribution is 4.85. The molecule has 0 aliphatic rings. The third-order valence-corrected chi connectivity index (χ3v) is 1.69. The summed E-state index contributed by atoms with van der Waals surface area (Å²) in [7, 11) is 0. The summed E-state index contributed by atoms with van der Waals surface area (Å²) >= 11 is 0. The van der Waals surface area contributed by atoms with Gasteiger partial charge < -0.3 is 15.0 Å². The molecule has 0 unspecified atom stereocenters. The molecule has 0 spiro atoms. The molecule has 0 aromatic carbocycles. The van der Waals surface area contributed by atoms with E-state index in [2.05, 4.69) is 17.1 Å². The minimum absolute atomic E-state index is 0.406. The number of rotatable bonds is 7. The first-order chi connectivity index (χ1) is 6.86. The third-order valence-electron chi connectivity index (χ3n) is 1.69. The van der Waals surface area contributed by atoms with Crippen LogP contribution in [0, 0.1) is 0 Å². The van der Waals surface area contributed by atoms with Gasteiger partial charge in [0.1, 0.15) is 6.61 Å². The van der Waals surface area contributed by atoms with Gasteiger partial charge in [0.25, 0.3) is 5.89 Å². The Morgan fingerprint density at radius 2 is 2.36 bits per heavy atom. The molecule has 80 valence electrons. The Bertz CT molecular complexity index is 250. The first-order valence-electron chi connectivity index (χ1n) is 4.96. The van der Waals surface area contributed by atoms with Crippen molar-refractivity contribution >= 4 is 0 Å². The Labute approximate surface area is 83.6 Å². The van der Waals surface area contributed by atoms with Gasteiger partial charge in [-0.2, -0.15) is 4.98 Å². The van der Waals surface area contributed by atoms with Gasteiger partial charge >= 0.3 is 0 Å². The van der Waals surface area contributed by atoms with E-state index in [1.165, 1.54) is 0 Å². The van der Waals surface area contributed by atoms with Crippen LogP contribution in [-0.2, 0) is 17.8 Å². The molecule has 14 heavy (non-hydrogen) atoms. The lowest BCUT2D eigenvalue weighted by atomic mass is 10.3. The summed E-state index contributed by atoms with van der Waals surface area (Å²) in [6.07, 6.45) is 2.65. The van der Waals surface area contributed by atoms with E-state index in [0.29, 0.717) is 24.9 Å². The third kappa shape index (κ3) is 3.85. The zero-order valence-corrected chi connectivity index (χ0v) is 8.53. The Kier molecular flexibility index (Phi) is 5.17. The van der Waals surface area contributed by atoms with Crippen LogP contribution in [-0.4, -0.2) is 23.3 Å². The number of aryl methyl sites for hydroxylation is 1. The van der Waals surface area contributed by atoms with Crippen molar-refractivity contribution in [2.75, 3.05) is 13.2 Å². The van der Waals surface area contributed by atoms with Crippen LogP contribution in [0.3, 0.4) is 0 Å². The maximum atomic E-state index is 5.37. The molecule has 1 rings (SSSR count). The molecule has 2 N–H and O–H groups in total. The maximum Gasteiger partial charge on any atom is 0.252 e. The second-order valence-electron chi connectivity index (χ2n) is 3.05. The standard InChI is InChI=1S/C9H17N3O2/c1-2-6-13-7-9-11-8(12-14-9)4-3-5-10/h2-7,10H2,1H3. The maximum absolute atomic E-state index is 5.37. The van der Waals surface area contributed by atoms with E-state index < -0.39 is 0 Å². The highest BCUT2D eigenvalue weighted by Gasteiger charge is 2.04. The predicted molar refractivity (Wildman–Crippen MR) is 51.6 cm³/mol. The molecule has 5 heteroatoms. The quantitative estimate of drug-likeness (QED) is 0.660. The number of aromatic nitrogens is 2. The van der Waals surface area contributed by atoms with Crippen LogP contribution in [0.1, 0.15) is 31.5 Å². The van der Waals surface area contributed by atoms with Crippen molar-refractivity contribution < 1.29 is 9.26 Å². The summed E-state index contributed by atoms with van der Waals surface area (Å²) in [5.41, 5.74) is 5.37. The number of hydrogen-bond acceptors (Lipinski definition) is 5. The number of nitrogens with two attached hydrogens (primary N) is 1. The van der Waals surface area contributed by atoms with Crippen molar-refractivity contribution in [3.63, 3.8) is 0 Å². The summed E-state index contributed by atoms with van der Waals surface area (Å²) in [4.78, 5) is 4.16. The number of nitrogens with zero attached hydrogens (tertiary/aromatic N) is 2. The van der Waals surface area contributed by atoms with Crippen LogP contribution in [0.4, 0.5) is 0 Å². The molecule has 0 amide bonds. The molecule has 0 saturated carbocycles. The van der Waals surface area contributed by atoms with Crippen LogP contribution >= 0.6 is 0 Å². The van der Waals surface area contributed by atoms with Gasteiger partial charge in [0.05, 0.1) is 0 Å². The van der Waals surface area contributed by atoms with E-state index in [0.717, 1.165) is 25.9 Å². The fourth-order valence-corrected chi connectivity index (χ4v) is 1.01. The van der Waals surface area contributed by atoms with Crippen LogP contribution in [0.5, 0.6) is 0 Å². The summed E-state index contributed by atoms with van der Waals surface area (Å²) in [5.74, 6) is 1.26. The highest BCUT2D eigenvalue weighted by Crippen LogP contribution is 2.01. The molecule has 0 atom stereocenters. The van der Waals surface area contributed by atoms with Crippen LogP contribution in [0.25, 0.3) is 0 Å². The van der Waals surface area contributed by atoms with Crippen LogP contribution in [0.15, 0.2) is 4.52 Å². The molecular formula is C9H17N3O2. The fraction of sp³-hybridized carbons (Fsp3) is 0.778. The second-order valence-corrected chi connectivity index (χ2v) is 3.05. The van der Waals surface area contributed by atoms with Crippen LogP contribution < -0.4 is 5.73 Å². The van der Waals surface area contributed by atoms with Gasteiger partial charge in [-0.1, -0.05) is 12.1 Å². The average Bonchev–Trinajstić information content (AvgIpc) is 2.63. The van der Waals surface area contributed by atoms with Gasteiger partial charge in [-0.15, -0.1) is 0 Å². The van der Waals surface area contributed by atoms with Gasteiger partial charge in [0.2, 0.25) is 0 Å². The first kappa shape index (κ1) is 11.1. The van der Waals surface area contributed by atoms with Gasteiger partial charge in [0.15, 0.2) is 5.82 Å². The molecule has 1 aromatic heterocycles. The molecule has 0 fully saturated rings. The lowest BCUT2D eigenvalue weighted by Gasteiger charge is -1.95. The molecule has 5 nitrogen and oxygen atoms in total. The topological polar surface area (TPSA) is 74.2 Å². The second kappa shape index (κ2) is 6.50. The molecule has 1 heterocycles. The van der Waals surface area contributed by atoms with Crippen molar-refractivity contribution in [1.29, 1.82) is 0 Å². The molecule has 0 radical (unpaired) electrons. The highest BCUT2D eigenvalue weighted by atomic mass is 16.5. The molecule has 0 saturated heterocycles. The summed E-state index contributed by atoms with van der Waals surface area (Å²) < 4.78 is 10.2. The Morgan fingerprint density at radius 1 is 1.50 bits per heavy atom. The Balaban J connectivity index is 2.27. The fourth-order valence-electron chi connectivity index (χ4n) is 1.01. The minimum Gasteiger partial charge on any atom is -0.372 e. The summed E-state index contributed by atoms with van der Waals surface area (Å²) in [6, 6.07) is 0. The SMILES string of the molecule is CCCOCc1nc(CCCN)no1. The van der Waals surface area contributed by atoms with Crippen LogP contribution in [0.2, 0.25) is 0 Å². The smallest absolute Gasteiger partial charge is 0.252 e. The number of hydrogen-bond donors (Lipinski definition) is 1. The van der Waals surface area contributed by atoms with Crippen molar-refractivity contribution in [2.45, 2.75) is 32.8 Å². The van der Waals surface area contributed by atoms with Gasteiger partial charge in [-0.25, -0.2) is 0 Å². The van der Waals surface area contributed by atoms with E-state index in [1.807, 2.05) is 0 Å². The predicted octanol–water partition coefficient (Wildman–Crippen LogP) is 0.887. The molecule has 0 aliphatic heterocycles. The average molecular weight is 199 g/mol. The van der Waals surface area contributed by atoms with E-state index in [-0.39, 0.29) is 0 Å². The largest absolute Gasteiger partial charge is 0.372 e. The molecule has 0 aliphatic carbocycles. The van der Waals surface area contributed by atoms with E-state index >= 15 is 0 Å². The molecule has 1 aromatic rings. The zero-order chi connectivity index (χ0) is 10.2. The monoisotopic (exact) mass is 199 g/mol. The first-order valence-corrected chi connectivity index (χ1v) is 4.96. The zero-order valence-electron chi connectivity index (χ0n) is 8.53. The lowest BCUT2D eigenvalue weighted by Crippen LogP contribution is -2.01. The van der Waals surface area contributed by atoms with Crippen molar-refractivity contribution in [2.24, 2.45) is 5.73 Å². The molecular weight excluding hydrogens is 182 g/mol. The van der Waals surface area contributed by atoms with E-state index in [9.17, 15) is 0 Å². The Hall–Kier alpha value is -0.940. The normalized spacial score (nSPS) is 10.7. The van der Waals surface area contributed by atoms with Crippen molar-refractivity contribution in [3.8, 4) is 0 Å². The minimum atomic E-state index is 0.406. The van der Waals surface area contributed by atoms with Gasteiger partial charge in [-0.05, 0) is 19.4 Å². The number of ether oxygens (including phenoxy) is 1. The van der Waals surface area contributed by atoms with Gasteiger partial charge in [0, 0.05) is 13.0 Å². The summed E-state index contributed by atoms with van der Waals surface area (Å²) in [5, 5.41) is 3.81. The Morgan fingerprint density at radius 3 is 3.07 bits per heavy atom. The lowest BCUT2D eigenvalue weighted by molar-refractivity contribution is 0.0981. The van der Waals surface area contributed by atoms with Gasteiger partial charge in [-0.3, -0.25) is 0 Å². The van der Waals surface area contributed by atoms with E-state index in [4.69, 9.17) is 15.0 Å². The molecule has 0 bridgehead atoms. The van der Waals surface area contributed by atoms with Crippen molar-refractivity contribution in [1.82, 2.24) is 10.1 Å². The summed E-state index contributed by atoms with van der Waals surface area (Å²) in [6.45, 7) is 3.83. The van der Waals surface area contributed by atoms with Crippen molar-refractivity contribution in [3.05, 3.63) is 11.7 Å².